The first-order chi connectivity index (χ1) is 13.0. The van der Waals surface area contributed by atoms with Crippen molar-refractivity contribution in [3.8, 4) is 0 Å². The summed E-state index contributed by atoms with van der Waals surface area (Å²) in [7, 11) is 0. The fraction of sp³-hybridized carbons (Fsp3) is 0.238. The Balaban J connectivity index is 1.39. The Kier molecular flexibility index (Phi) is 5.86. The fourth-order valence-corrected chi connectivity index (χ4v) is 2.89. The molecule has 6 heteroatoms. The first kappa shape index (κ1) is 18.6. The number of aromatic amines is 1. The molecule has 0 saturated carbocycles. The van der Waals surface area contributed by atoms with E-state index in [1.165, 1.54) is 6.07 Å². The van der Waals surface area contributed by atoms with Crippen LogP contribution in [0, 0.1) is 12.7 Å². The maximum absolute atomic E-state index is 13.5. The van der Waals surface area contributed by atoms with Gasteiger partial charge in [-0.3, -0.25) is 9.59 Å². The number of rotatable bonds is 7. The Morgan fingerprint density at radius 2 is 1.85 bits per heavy atom. The van der Waals surface area contributed by atoms with Crippen molar-refractivity contribution in [1.82, 2.24) is 15.6 Å². The van der Waals surface area contributed by atoms with Gasteiger partial charge < -0.3 is 15.6 Å². The van der Waals surface area contributed by atoms with Gasteiger partial charge in [0.1, 0.15) is 5.82 Å². The number of amides is 2. The van der Waals surface area contributed by atoms with Crippen LogP contribution in [0.2, 0.25) is 0 Å². The average Bonchev–Trinajstić information content (AvgIpc) is 3.09. The lowest BCUT2D eigenvalue weighted by Gasteiger charge is -2.08. The van der Waals surface area contributed by atoms with E-state index in [0.29, 0.717) is 24.9 Å². The van der Waals surface area contributed by atoms with Gasteiger partial charge in [0.25, 0.3) is 5.91 Å². The van der Waals surface area contributed by atoms with Crippen molar-refractivity contribution in [1.29, 1.82) is 0 Å². The molecule has 3 rings (SSSR count). The van der Waals surface area contributed by atoms with Gasteiger partial charge in [-0.1, -0.05) is 24.3 Å². The molecule has 0 aliphatic heterocycles. The van der Waals surface area contributed by atoms with Crippen LogP contribution >= 0.6 is 0 Å². The van der Waals surface area contributed by atoms with Crippen LogP contribution in [0.4, 0.5) is 4.39 Å². The highest BCUT2D eigenvalue weighted by Gasteiger charge is 2.09. The van der Waals surface area contributed by atoms with E-state index in [1.54, 1.807) is 19.1 Å². The number of benzene rings is 2. The highest BCUT2D eigenvalue weighted by molar-refractivity contribution is 5.94. The largest absolute Gasteiger partial charge is 0.361 e. The van der Waals surface area contributed by atoms with Crippen LogP contribution in [0.25, 0.3) is 10.9 Å². The number of para-hydroxylation sites is 1. The molecule has 140 valence electrons. The van der Waals surface area contributed by atoms with Gasteiger partial charge in [-0.2, -0.15) is 0 Å². The fourth-order valence-electron chi connectivity index (χ4n) is 2.89. The quantitative estimate of drug-likeness (QED) is 0.562. The minimum absolute atomic E-state index is 0.0732. The molecule has 0 spiro atoms. The molecule has 5 nitrogen and oxygen atoms in total. The monoisotopic (exact) mass is 367 g/mol. The zero-order valence-corrected chi connectivity index (χ0v) is 15.1. The molecule has 0 saturated heterocycles. The topological polar surface area (TPSA) is 74.0 Å². The molecule has 0 atom stereocenters. The molecule has 3 N–H and O–H groups in total. The van der Waals surface area contributed by atoms with Crippen molar-refractivity contribution in [3.05, 3.63) is 71.2 Å². The summed E-state index contributed by atoms with van der Waals surface area (Å²) < 4.78 is 13.5. The molecule has 0 fully saturated rings. The van der Waals surface area contributed by atoms with E-state index < -0.39 is 5.82 Å². The maximum atomic E-state index is 13.5. The van der Waals surface area contributed by atoms with Crippen molar-refractivity contribution in [2.24, 2.45) is 0 Å². The Bertz CT molecular complexity index is 965. The van der Waals surface area contributed by atoms with Gasteiger partial charge >= 0.3 is 0 Å². The first-order valence-electron chi connectivity index (χ1n) is 8.90. The third-order valence-corrected chi connectivity index (χ3v) is 4.46. The highest BCUT2D eigenvalue weighted by Crippen LogP contribution is 2.18. The van der Waals surface area contributed by atoms with Crippen molar-refractivity contribution in [2.75, 3.05) is 13.1 Å². The third-order valence-electron chi connectivity index (χ3n) is 4.46. The van der Waals surface area contributed by atoms with Gasteiger partial charge in [-0.15, -0.1) is 0 Å². The lowest BCUT2D eigenvalue weighted by atomic mass is 10.1. The lowest BCUT2D eigenvalue weighted by molar-refractivity contribution is -0.121. The molecule has 1 aromatic heterocycles. The SMILES string of the molecule is Cc1ccc(C(=O)NCCNC(=O)CCc2c[nH]c3ccccc23)cc1F. The summed E-state index contributed by atoms with van der Waals surface area (Å²) in [5.74, 6) is -0.842. The zero-order valence-electron chi connectivity index (χ0n) is 15.1. The van der Waals surface area contributed by atoms with Crippen LogP contribution < -0.4 is 10.6 Å². The molecule has 2 amide bonds. The molecule has 27 heavy (non-hydrogen) atoms. The van der Waals surface area contributed by atoms with Crippen LogP contribution in [0.5, 0.6) is 0 Å². The third kappa shape index (κ3) is 4.73. The van der Waals surface area contributed by atoms with Gasteiger partial charge in [-0.05, 0) is 42.7 Å². The number of hydrogen-bond acceptors (Lipinski definition) is 2. The van der Waals surface area contributed by atoms with Crippen LogP contribution in [0.15, 0.2) is 48.7 Å². The van der Waals surface area contributed by atoms with E-state index in [4.69, 9.17) is 0 Å². The molecule has 0 bridgehead atoms. The highest BCUT2D eigenvalue weighted by atomic mass is 19.1. The Hall–Kier alpha value is -3.15. The summed E-state index contributed by atoms with van der Waals surface area (Å²) in [6.45, 7) is 2.25. The summed E-state index contributed by atoms with van der Waals surface area (Å²) in [5.41, 5.74) is 2.93. The number of carbonyl (C=O) groups excluding carboxylic acids is 2. The molecular formula is C21H22FN3O2. The second kappa shape index (κ2) is 8.49. The van der Waals surface area contributed by atoms with Gasteiger partial charge in [-0.25, -0.2) is 4.39 Å². The smallest absolute Gasteiger partial charge is 0.251 e. The summed E-state index contributed by atoms with van der Waals surface area (Å²) in [6, 6.07) is 12.3. The normalized spacial score (nSPS) is 10.7. The van der Waals surface area contributed by atoms with Crippen molar-refractivity contribution in [3.63, 3.8) is 0 Å². The van der Waals surface area contributed by atoms with E-state index in [9.17, 15) is 14.0 Å². The zero-order chi connectivity index (χ0) is 19.2. The molecule has 0 aliphatic carbocycles. The Morgan fingerprint density at radius 1 is 1.07 bits per heavy atom. The summed E-state index contributed by atoms with van der Waals surface area (Å²) >= 11 is 0. The number of aryl methyl sites for hydroxylation is 2. The lowest BCUT2D eigenvalue weighted by Crippen LogP contribution is -2.34. The van der Waals surface area contributed by atoms with Gasteiger partial charge in [0.15, 0.2) is 0 Å². The van der Waals surface area contributed by atoms with E-state index in [1.807, 2.05) is 30.5 Å². The van der Waals surface area contributed by atoms with Crippen LogP contribution in [-0.4, -0.2) is 29.9 Å². The minimum atomic E-state index is -0.409. The molecule has 3 aromatic rings. The average molecular weight is 367 g/mol. The molecule has 0 unspecified atom stereocenters. The Morgan fingerprint density at radius 3 is 2.67 bits per heavy atom. The summed E-state index contributed by atoms with van der Waals surface area (Å²) in [6.07, 6.45) is 2.95. The van der Waals surface area contributed by atoms with Crippen LogP contribution in [0.3, 0.4) is 0 Å². The van der Waals surface area contributed by atoms with E-state index in [0.717, 1.165) is 16.5 Å². The van der Waals surface area contributed by atoms with Crippen molar-refractivity contribution in [2.45, 2.75) is 19.8 Å². The number of nitrogens with one attached hydrogen (secondary N) is 3. The number of halogens is 1. The second-order valence-corrected chi connectivity index (χ2v) is 6.43. The minimum Gasteiger partial charge on any atom is -0.361 e. The predicted molar refractivity (Wildman–Crippen MR) is 103 cm³/mol. The molecule has 1 heterocycles. The van der Waals surface area contributed by atoms with Gasteiger partial charge in [0.2, 0.25) is 5.91 Å². The van der Waals surface area contributed by atoms with Crippen molar-refractivity contribution >= 4 is 22.7 Å². The number of aromatic nitrogens is 1. The number of H-pyrrole nitrogens is 1. The maximum Gasteiger partial charge on any atom is 0.251 e. The Labute approximate surface area is 157 Å². The van der Waals surface area contributed by atoms with E-state index in [2.05, 4.69) is 15.6 Å². The molecular weight excluding hydrogens is 345 g/mol. The van der Waals surface area contributed by atoms with Crippen LogP contribution in [0.1, 0.15) is 27.9 Å². The van der Waals surface area contributed by atoms with Crippen molar-refractivity contribution < 1.29 is 14.0 Å². The summed E-state index contributed by atoms with van der Waals surface area (Å²) in [5, 5.41) is 6.58. The van der Waals surface area contributed by atoms with E-state index in [-0.39, 0.29) is 23.9 Å². The predicted octanol–water partition coefficient (Wildman–Crippen LogP) is 3.09. The molecule has 0 radical (unpaired) electrons. The number of carbonyl (C=O) groups is 2. The number of fused-ring (bicyclic) bond motifs is 1. The standard InChI is InChI=1S/C21H22FN3O2/c1-14-6-7-15(12-18(14)22)21(27)24-11-10-23-20(26)9-8-16-13-25-19-5-3-2-4-17(16)19/h2-7,12-13,25H,8-11H2,1H3,(H,23,26)(H,24,27). The number of hydrogen-bond donors (Lipinski definition) is 3. The molecule has 2 aromatic carbocycles. The molecule has 0 aliphatic rings. The van der Waals surface area contributed by atoms with Crippen LogP contribution in [-0.2, 0) is 11.2 Å². The second-order valence-electron chi connectivity index (χ2n) is 6.43. The first-order valence-corrected chi connectivity index (χ1v) is 8.90. The van der Waals surface area contributed by atoms with E-state index >= 15 is 0 Å². The summed E-state index contributed by atoms with van der Waals surface area (Å²) in [4.78, 5) is 27.1. The van der Waals surface area contributed by atoms with Gasteiger partial charge in [0, 0.05) is 42.2 Å². The van der Waals surface area contributed by atoms with Gasteiger partial charge in [0.05, 0.1) is 0 Å².